The zero-order chi connectivity index (χ0) is 9.86. The van der Waals surface area contributed by atoms with Crippen molar-refractivity contribution >= 4 is 18.0 Å². The molecule has 0 aliphatic heterocycles. The topological polar surface area (TPSA) is 154 Å². The van der Waals surface area contributed by atoms with E-state index in [1.165, 1.54) is 0 Å². The van der Waals surface area contributed by atoms with Gasteiger partial charge < -0.3 is 16.6 Å². The van der Waals surface area contributed by atoms with E-state index in [-0.39, 0.29) is 5.96 Å². The van der Waals surface area contributed by atoms with Crippen LogP contribution in [0.4, 0.5) is 0 Å². The summed E-state index contributed by atoms with van der Waals surface area (Å²) in [5, 5.41) is 18.9. The van der Waals surface area contributed by atoms with Gasteiger partial charge in [0.05, 0.1) is 0 Å². The fraction of sp³-hybridized carbons (Fsp3) is 0.250. The molecule has 0 aromatic heterocycles. The Morgan fingerprint density at radius 2 is 1.55 bits per heavy atom. The van der Waals surface area contributed by atoms with E-state index in [2.05, 4.69) is 11.5 Å². The Balaban J connectivity index is -0.0000000886. The van der Waals surface area contributed by atoms with Gasteiger partial charge in [-0.25, -0.2) is 10.2 Å². The van der Waals surface area contributed by atoms with E-state index in [1.54, 1.807) is 0 Å². The largest absolute Gasteiger partial charge is 0.481 e. The Kier molecular flexibility index (Phi) is 22.9. The van der Waals surface area contributed by atoms with Crippen LogP contribution in [0.5, 0.6) is 0 Å². The third-order valence-corrected chi connectivity index (χ3v) is 0. The number of guanidine groups is 1. The van der Waals surface area contributed by atoms with E-state index in [4.69, 9.17) is 25.5 Å². The van der Waals surface area contributed by atoms with Crippen LogP contribution in [0.3, 0.4) is 0 Å². The molecule has 7 N–H and O–H groups in total. The molecule has 0 spiro atoms. The van der Waals surface area contributed by atoms with Gasteiger partial charge in [0.2, 0.25) is 6.08 Å². The molecule has 0 rings (SSSR count). The summed E-state index contributed by atoms with van der Waals surface area (Å²) in [6.07, 6.45) is 0.750. The molecule has 0 bridgehead atoms. The molecule has 0 aromatic rings. The van der Waals surface area contributed by atoms with Crippen LogP contribution >= 0.6 is 0 Å². The maximum Gasteiger partial charge on any atom is 0.300 e. The standard InChI is InChI=1S/C2H4O2.CH5N3.CHNO/c1-2(3)4;2-1(3)4;2-1-3/h1H3,(H,3,4);(H5,2,3,4);2H. The van der Waals surface area contributed by atoms with Gasteiger partial charge in [0.1, 0.15) is 0 Å². The number of nitrogens with one attached hydrogen (secondary N) is 2. The van der Waals surface area contributed by atoms with Gasteiger partial charge >= 0.3 is 0 Å². The SMILES string of the molecule is CC(=O)O.N=C(N)N.N=C=O. The molecule has 0 saturated carbocycles. The number of carboxylic acid groups (broad SMARTS) is 1. The molecular formula is C4H10N4O3. The number of rotatable bonds is 0. The summed E-state index contributed by atoms with van der Waals surface area (Å²) >= 11 is 0. The first kappa shape index (κ1) is 16.1. The minimum Gasteiger partial charge on any atom is -0.481 e. The fourth-order valence-electron chi connectivity index (χ4n) is 0. The second-order valence-electron chi connectivity index (χ2n) is 1.08. The summed E-state index contributed by atoms with van der Waals surface area (Å²) in [6.45, 7) is 1.08. The van der Waals surface area contributed by atoms with Crippen LogP contribution in [0.1, 0.15) is 6.92 Å². The van der Waals surface area contributed by atoms with Crippen LogP contribution in [0.25, 0.3) is 0 Å². The van der Waals surface area contributed by atoms with Gasteiger partial charge in [-0.3, -0.25) is 10.2 Å². The van der Waals surface area contributed by atoms with Crippen LogP contribution in [0, 0.1) is 10.8 Å². The lowest BCUT2D eigenvalue weighted by Gasteiger charge is -1.69. The van der Waals surface area contributed by atoms with Crippen LogP contribution in [0.2, 0.25) is 0 Å². The molecule has 0 radical (unpaired) electrons. The van der Waals surface area contributed by atoms with Gasteiger partial charge in [-0.1, -0.05) is 0 Å². The first-order chi connectivity index (χ1) is 4.88. The number of nitrogens with two attached hydrogens (primary N) is 2. The summed E-state index contributed by atoms with van der Waals surface area (Å²) in [5.41, 5.74) is 8.94. The summed E-state index contributed by atoms with van der Waals surface area (Å²) in [4.78, 5) is 17.3. The van der Waals surface area contributed by atoms with E-state index in [9.17, 15) is 0 Å². The van der Waals surface area contributed by atoms with Crippen LogP contribution < -0.4 is 11.5 Å². The van der Waals surface area contributed by atoms with Gasteiger partial charge in [-0.05, 0) is 0 Å². The van der Waals surface area contributed by atoms with Crippen molar-refractivity contribution in [2.24, 2.45) is 11.5 Å². The average molecular weight is 162 g/mol. The summed E-state index contributed by atoms with van der Waals surface area (Å²) < 4.78 is 0. The fourth-order valence-corrected chi connectivity index (χ4v) is 0. The van der Waals surface area contributed by atoms with Crippen LogP contribution in [-0.2, 0) is 9.59 Å². The van der Waals surface area contributed by atoms with Crippen molar-refractivity contribution in [3.8, 4) is 0 Å². The Hall–Kier alpha value is -1.88. The number of aliphatic carboxylic acids is 1. The number of carbonyl (C=O) groups is 1. The number of isocyanates is 1. The number of hydrogen-bond donors (Lipinski definition) is 5. The van der Waals surface area contributed by atoms with Crippen LogP contribution in [0.15, 0.2) is 0 Å². The lowest BCUT2D eigenvalue weighted by molar-refractivity contribution is -0.134. The van der Waals surface area contributed by atoms with E-state index in [0.29, 0.717) is 0 Å². The maximum absolute atomic E-state index is 9.00. The molecule has 0 unspecified atom stereocenters. The van der Waals surface area contributed by atoms with E-state index in [1.807, 2.05) is 0 Å². The smallest absolute Gasteiger partial charge is 0.300 e. The van der Waals surface area contributed by atoms with Crippen LogP contribution in [-0.4, -0.2) is 23.1 Å². The van der Waals surface area contributed by atoms with Crippen molar-refractivity contribution < 1.29 is 14.7 Å². The highest BCUT2D eigenvalue weighted by atomic mass is 16.4. The number of hydrogen-bond acceptors (Lipinski definition) is 4. The zero-order valence-electron chi connectivity index (χ0n) is 5.92. The van der Waals surface area contributed by atoms with Gasteiger partial charge in [-0.15, -0.1) is 0 Å². The van der Waals surface area contributed by atoms with Crippen molar-refractivity contribution in [1.29, 1.82) is 10.8 Å². The second kappa shape index (κ2) is 15.7. The number of carboxylic acids is 1. The van der Waals surface area contributed by atoms with Crippen molar-refractivity contribution in [2.75, 3.05) is 0 Å². The maximum atomic E-state index is 9.00. The Morgan fingerprint density at radius 3 is 1.55 bits per heavy atom. The van der Waals surface area contributed by atoms with E-state index in [0.717, 1.165) is 13.0 Å². The first-order valence-corrected chi connectivity index (χ1v) is 2.21. The van der Waals surface area contributed by atoms with Crippen molar-refractivity contribution in [2.45, 2.75) is 6.92 Å². The van der Waals surface area contributed by atoms with E-state index < -0.39 is 5.97 Å². The van der Waals surface area contributed by atoms with Gasteiger partial charge in [0, 0.05) is 6.92 Å². The molecule has 0 amide bonds. The molecule has 0 aliphatic rings. The highest BCUT2D eigenvalue weighted by Crippen LogP contribution is 1.42. The Bertz CT molecular complexity index is 129. The van der Waals surface area contributed by atoms with E-state index >= 15 is 0 Å². The molecule has 11 heavy (non-hydrogen) atoms. The Morgan fingerprint density at radius 1 is 1.55 bits per heavy atom. The minimum absolute atomic E-state index is 0.333. The highest BCUT2D eigenvalue weighted by molar-refractivity contribution is 5.71. The van der Waals surface area contributed by atoms with Crippen molar-refractivity contribution in [3.63, 3.8) is 0 Å². The minimum atomic E-state index is -0.833. The molecule has 64 valence electrons. The van der Waals surface area contributed by atoms with Gasteiger partial charge in [0.15, 0.2) is 5.96 Å². The molecule has 0 fully saturated rings. The Labute approximate surface area is 63.0 Å². The molecule has 0 heterocycles. The van der Waals surface area contributed by atoms with Crippen molar-refractivity contribution in [3.05, 3.63) is 0 Å². The van der Waals surface area contributed by atoms with Gasteiger partial charge in [0.25, 0.3) is 5.97 Å². The molecule has 7 nitrogen and oxygen atoms in total. The summed E-state index contributed by atoms with van der Waals surface area (Å²) in [7, 11) is 0. The molecule has 0 aromatic carbocycles. The lowest BCUT2D eigenvalue weighted by Crippen LogP contribution is -2.20. The molecule has 0 saturated heterocycles. The summed E-state index contributed by atoms with van der Waals surface area (Å²) in [5.74, 6) is -1.17. The molecule has 7 heteroatoms. The first-order valence-electron chi connectivity index (χ1n) is 2.21. The predicted molar refractivity (Wildman–Crippen MR) is 37.8 cm³/mol. The molecule has 0 aliphatic carbocycles. The monoisotopic (exact) mass is 162 g/mol. The zero-order valence-corrected chi connectivity index (χ0v) is 5.92. The highest BCUT2D eigenvalue weighted by Gasteiger charge is 1.65. The molecular weight excluding hydrogens is 152 g/mol. The third kappa shape index (κ3) is 86.0. The third-order valence-electron chi connectivity index (χ3n) is 0. The molecule has 0 atom stereocenters. The number of carbonyl (C=O) groups excluding carboxylic acids is 1. The normalized spacial score (nSPS) is 5.18. The summed E-state index contributed by atoms with van der Waals surface area (Å²) in [6, 6.07) is 0. The quantitative estimate of drug-likeness (QED) is 0.172. The van der Waals surface area contributed by atoms with Gasteiger partial charge in [-0.2, -0.15) is 0 Å². The average Bonchev–Trinajstić information content (AvgIpc) is 1.60. The second-order valence-corrected chi connectivity index (χ2v) is 1.08. The predicted octanol–water partition coefficient (Wildman–Crippen LogP) is -1.17. The van der Waals surface area contributed by atoms with Crippen molar-refractivity contribution in [1.82, 2.24) is 0 Å². The lowest BCUT2D eigenvalue weighted by atomic mass is 10.9.